The number of aliphatic hydroxyl groups is 1. The largest absolute Gasteiger partial charge is 0.411 e. The van der Waals surface area contributed by atoms with Gasteiger partial charge in [-0.3, -0.25) is 0 Å². The number of aliphatic hydroxyl groups excluding tert-OH is 1. The van der Waals surface area contributed by atoms with Crippen LogP contribution in [0.15, 0.2) is 16.3 Å². The maximum absolute atomic E-state index is 9.01. The van der Waals surface area contributed by atoms with Crippen molar-refractivity contribution in [2.45, 2.75) is 26.2 Å². The Balaban J connectivity index is 2.77. The summed E-state index contributed by atoms with van der Waals surface area (Å²) < 4.78 is 0. The highest BCUT2D eigenvalue weighted by Crippen LogP contribution is 2.32. The lowest BCUT2D eigenvalue weighted by molar-refractivity contribution is 0.249. The standard InChI is InChI=1S/C9H15NO2/c1-7(5-10-12)9-4-2-3-8(9)6-11/h5,8,11-12H,2-4,6H2,1H3/b9-7+,10-5+. The second kappa shape index (κ2) is 4.26. The minimum Gasteiger partial charge on any atom is -0.411 e. The van der Waals surface area contributed by atoms with E-state index >= 15 is 0 Å². The van der Waals surface area contributed by atoms with Gasteiger partial charge >= 0.3 is 0 Å². The fourth-order valence-corrected chi connectivity index (χ4v) is 1.81. The molecule has 0 aromatic heterocycles. The molecule has 0 bridgehead atoms. The van der Waals surface area contributed by atoms with Gasteiger partial charge in [0.1, 0.15) is 0 Å². The van der Waals surface area contributed by atoms with Crippen molar-refractivity contribution in [2.24, 2.45) is 11.1 Å². The summed E-state index contributed by atoms with van der Waals surface area (Å²) >= 11 is 0. The first-order valence-electron chi connectivity index (χ1n) is 4.27. The maximum atomic E-state index is 9.01. The predicted molar refractivity (Wildman–Crippen MR) is 47.4 cm³/mol. The Morgan fingerprint density at radius 3 is 3.08 bits per heavy atom. The van der Waals surface area contributed by atoms with Crippen LogP contribution < -0.4 is 0 Å². The second-order valence-electron chi connectivity index (χ2n) is 3.22. The first-order valence-corrected chi connectivity index (χ1v) is 4.27. The molecule has 1 aliphatic rings. The molecular weight excluding hydrogens is 154 g/mol. The van der Waals surface area contributed by atoms with Gasteiger partial charge in [0.05, 0.1) is 6.21 Å². The van der Waals surface area contributed by atoms with Crippen molar-refractivity contribution in [1.82, 2.24) is 0 Å². The van der Waals surface area contributed by atoms with Crippen molar-refractivity contribution >= 4 is 6.21 Å². The third-order valence-corrected chi connectivity index (χ3v) is 2.47. The van der Waals surface area contributed by atoms with Crippen LogP contribution in [0.3, 0.4) is 0 Å². The van der Waals surface area contributed by atoms with Gasteiger partial charge in [0.25, 0.3) is 0 Å². The van der Waals surface area contributed by atoms with E-state index in [1.165, 1.54) is 11.8 Å². The zero-order valence-electron chi connectivity index (χ0n) is 7.32. The molecule has 0 saturated heterocycles. The minimum atomic E-state index is 0.214. The van der Waals surface area contributed by atoms with Crippen LogP contribution in [-0.4, -0.2) is 23.1 Å². The zero-order valence-corrected chi connectivity index (χ0v) is 7.32. The molecule has 1 unspecified atom stereocenters. The summed E-state index contributed by atoms with van der Waals surface area (Å²) in [4.78, 5) is 0. The van der Waals surface area contributed by atoms with E-state index < -0.39 is 0 Å². The van der Waals surface area contributed by atoms with E-state index in [0.717, 1.165) is 24.8 Å². The molecule has 0 spiro atoms. The normalized spacial score (nSPS) is 28.3. The molecule has 1 atom stereocenters. The Bertz CT molecular complexity index is 209. The van der Waals surface area contributed by atoms with Crippen molar-refractivity contribution < 1.29 is 10.3 Å². The van der Waals surface area contributed by atoms with E-state index in [9.17, 15) is 0 Å². The van der Waals surface area contributed by atoms with Crippen LogP contribution in [0.25, 0.3) is 0 Å². The quantitative estimate of drug-likeness (QED) is 0.374. The Labute approximate surface area is 72.4 Å². The monoisotopic (exact) mass is 169 g/mol. The summed E-state index contributed by atoms with van der Waals surface area (Å²) in [5, 5.41) is 20.3. The second-order valence-corrected chi connectivity index (χ2v) is 3.22. The molecule has 0 aromatic carbocycles. The molecule has 68 valence electrons. The fraction of sp³-hybridized carbons (Fsp3) is 0.667. The summed E-state index contributed by atoms with van der Waals surface area (Å²) in [6, 6.07) is 0. The van der Waals surface area contributed by atoms with Gasteiger partial charge in [0, 0.05) is 12.5 Å². The van der Waals surface area contributed by atoms with Crippen LogP contribution in [0.1, 0.15) is 26.2 Å². The average molecular weight is 169 g/mol. The third kappa shape index (κ3) is 1.85. The third-order valence-electron chi connectivity index (χ3n) is 2.47. The Morgan fingerprint density at radius 1 is 1.75 bits per heavy atom. The summed E-state index contributed by atoms with van der Waals surface area (Å²) in [6.45, 7) is 2.13. The topological polar surface area (TPSA) is 52.8 Å². The Morgan fingerprint density at radius 2 is 2.50 bits per heavy atom. The van der Waals surface area contributed by atoms with Gasteiger partial charge in [-0.2, -0.15) is 0 Å². The molecule has 1 rings (SSSR count). The molecule has 0 aliphatic heterocycles. The summed E-state index contributed by atoms with van der Waals surface area (Å²) in [5.74, 6) is 0.294. The van der Waals surface area contributed by atoms with Crippen molar-refractivity contribution in [3.8, 4) is 0 Å². The molecule has 0 heterocycles. The van der Waals surface area contributed by atoms with Crippen molar-refractivity contribution in [2.75, 3.05) is 6.61 Å². The lowest BCUT2D eigenvalue weighted by Crippen LogP contribution is -2.04. The molecule has 0 aromatic rings. The first-order chi connectivity index (χ1) is 5.79. The zero-order chi connectivity index (χ0) is 8.97. The van der Waals surface area contributed by atoms with Gasteiger partial charge in [-0.25, -0.2) is 0 Å². The summed E-state index contributed by atoms with van der Waals surface area (Å²) in [6.07, 6.45) is 4.67. The maximum Gasteiger partial charge on any atom is 0.0690 e. The van der Waals surface area contributed by atoms with E-state index in [0.29, 0.717) is 5.92 Å². The number of oxime groups is 1. The van der Waals surface area contributed by atoms with Crippen LogP contribution in [0, 0.1) is 5.92 Å². The van der Waals surface area contributed by atoms with E-state index in [2.05, 4.69) is 5.16 Å². The van der Waals surface area contributed by atoms with Gasteiger partial charge in [0.15, 0.2) is 0 Å². The van der Waals surface area contributed by atoms with Crippen LogP contribution in [0.4, 0.5) is 0 Å². The molecule has 1 aliphatic carbocycles. The van der Waals surface area contributed by atoms with Gasteiger partial charge in [-0.05, 0) is 31.8 Å². The predicted octanol–water partition coefficient (Wildman–Crippen LogP) is 1.56. The minimum absolute atomic E-state index is 0.214. The molecule has 0 radical (unpaired) electrons. The number of rotatable bonds is 2. The smallest absolute Gasteiger partial charge is 0.0690 e. The first kappa shape index (κ1) is 9.26. The average Bonchev–Trinajstić information content (AvgIpc) is 2.51. The fourth-order valence-electron chi connectivity index (χ4n) is 1.81. The van der Waals surface area contributed by atoms with Crippen molar-refractivity contribution in [1.29, 1.82) is 0 Å². The van der Waals surface area contributed by atoms with E-state index in [4.69, 9.17) is 10.3 Å². The molecule has 1 fully saturated rings. The van der Waals surface area contributed by atoms with E-state index in [-0.39, 0.29) is 6.61 Å². The lowest BCUT2D eigenvalue weighted by atomic mass is 9.99. The van der Waals surface area contributed by atoms with E-state index in [1.807, 2.05) is 6.92 Å². The molecule has 12 heavy (non-hydrogen) atoms. The molecule has 2 N–H and O–H groups in total. The summed E-state index contributed by atoms with van der Waals surface area (Å²) in [5.41, 5.74) is 2.24. The van der Waals surface area contributed by atoms with Crippen LogP contribution in [0.5, 0.6) is 0 Å². The number of hydrogen-bond donors (Lipinski definition) is 2. The molecule has 1 saturated carbocycles. The molecule has 3 heteroatoms. The van der Waals surface area contributed by atoms with Crippen LogP contribution in [0.2, 0.25) is 0 Å². The lowest BCUT2D eigenvalue weighted by Gasteiger charge is -2.09. The highest BCUT2D eigenvalue weighted by atomic mass is 16.4. The molecule has 3 nitrogen and oxygen atoms in total. The van der Waals surface area contributed by atoms with Crippen LogP contribution in [-0.2, 0) is 0 Å². The van der Waals surface area contributed by atoms with Crippen LogP contribution >= 0.6 is 0 Å². The number of hydrogen-bond acceptors (Lipinski definition) is 3. The summed E-state index contributed by atoms with van der Waals surface area (Å²) in [7, 11) is 0. The van der Waals surface area contributed by atoms with Crippen molar-refractivity contribution in [3.63, 3.8) is 0 Å². The van der Waals surface area contributed by atoms with Gasteiger partial charge < -0.3 is 10.3 Å². The van der Waals surface area contributed by atoms with Crippen molar-refractivity contribution in [3.05, 3.63) is 11.1 Å². The number of nitrogens with zero attached hydrogens (tertiary/aromatic N) is 1. The molecule has 0 amide bonds. The highest BCUT2D eigenvalue weighted by molar-refractivity contribution is 5.78. The SMILES string of the molecule is CC(/C=N/O)=C1/CCCC1CO. The van der Waals surface area contributed by atoms with Gasteiger partial charge in [0.2, 0.25) is 0 Å². The highest BCUT2D eigenvalue weighted by Gasteiger charge is 2.21. The number of allylic oxidation sites excluding steroid dienone is 1. The Kier molecular flexibility index (Phi) is 3.29. The van der Waals surface area contributed by atoms with Gasteiger partial charge in [-0.15, -0.1) is 0 Å². The van der Waals surface area contributed by atoms with E-state index in [1.54, 1.807) is 0 Å². The molecular formula is C9H15NO2. The Hall–Kier alpha value is -0.830. The van der Waals surface area contributed by atoms with Gasteiger partial charge in [-0.1, -0.05) is 10.7 Å².